The molecule has 0 amide bonds. The Bertz CT molecular complexity index is 348. The number of hydrogen-bond donors (Lipinski definition) is 1. The molecule has 2 fully saturated rings. The molecule has 0 bridgehead atoms. The van der Waals surface area contributed by atoms with Crippen molar-refractivity contribution in [3.05, 3.63) is 0 Å². The minimum absolute atomic E-state index is 0.203. The van der Waals surface area contributed by atoms with Crippen LogP contribution in [0.4, 0.5) is 0 Å². The summed E-state index contributed by atoms with van der Waals surface area (Å²) >= 11 is 0. The second-order valence-electron chi connectivity index (χ2n) is 6.89. The third-order valence-electron chi connectivity index (χ3n) is 5.30. The molecule has 0 radical (unpaired) electrons. The second kappa shape index (κ2) is 7.59. The third-order valence-corrected chi connectivity index (χ3v) is 5.30. The molecule has 21 heavy (non-hydrogen) atoms. The van der Waals surface area contributed by atoms with Crippen molar-refractivity contribution in [2.24, 2.45) is 11.7 Å². The van der Waals surface area contributed by atoms with Gasteiger partial charge in [-0.25, -0.2) is 0 Å². The maximum atomic E-state index is 12.0. The lowest BCUT2D eigenvalue weighted by molar-refractivity contribution is -0.149. The van der Waals surface area contributed by atoms with Gasteiger partial charge >= 0.3 is 5.97 Å². The van der Waals surface area contributed by atoms with E-state index in [2.05, 4.69) is 11.8 Å². The summed E-state index contributed by atoms with van der Waals surface area (Å²) in [4.78, 5) is 14.6. The van der Waals surface area contributed by atoms with Crippen LogP contribution in [0.5, 0.6) is 0 Å². The van der Waals surface area contributed by atoms with Crippen LogP contribution in [0, 0.1) is 5.92 Å². The van der Waals surface area contributed by atoms with Gasteiger partial charge in [-0.3, -0.25) is 4.79 Å². The van der Waals surface area contributed by atoms with Crippen LogP contribution in [0.3, 0.4) is 0 Å². The lowest BCUT2D eigenvalue weighted by Crippen LogP contribution is -2.48. The van der Waals surface area contributed by atoms with E-state index in [1.807, 2.05) is 6.92 Å². The fourth-order valence-corrected chi connectivity index (χ4v) is 4.07. The fourth-order valence-electron chi connectivity index (χ4n) is 4.07. The molecule has 2 N–H and O–H groups in total. The summed E-state index contributed by atoms with van der Waals surface area (Å²) in [7, 11) is 0. The summed E-state index contributed by atoms with van der Waals surface area (Å²) < 4.78 is 5.16. The highest BCUT2D eigenvalue weighted by atomic mass is 16.5. The summed E-state index contributed by atoms with van der Waals surface area (Å²) in [5.74, 6) is 0.695. The van der Waals surface area contributed by atoms with E-state index in [0.717, 1.165) is 25.2 Å². The number of ether oxygens (including phenoxy) is 1. The monoisotopic (exact) mass is 296 g/mol. The summed E-state index contributed by atoms with van der Waals surface area (Å²) in [5.41, 5.74) is 5.56. The summed E-state index contributed by atoms with van der Waals surface area (Å²) in [6.45, 7) is 6.89. The van der Waals surface area contributed by atoms with Crippen molar-refractivity contribution in [3.63, 3.8) is 0 Å². The molecule has 1 saturated heterocycles. The Morgan fingerprint density at radius 3 is 2.81 bits per heavy atom. The smallest absolute Gasteiger partial charge is 0.326 e. The van der Waals surface area contributed by atoms with Crippen molar-refractivity contribution in [3.8, 4) is 0 Å². The van der Waals surface area contributed by atoms with E-state index in [-0.39, 0.29) is 5.97 Å². The highest BCUT2D eigenvalue weighted by Gasteiger charge is 2.45. The minimum Gasteiger partial charge on any atom is -0.465 e. The molecule has 1 aliphatic heterocycles. The molecule has 0 aromatic rings. The van der Waals surface area contributed by atoms with E-state index in [1.54, 1.807) is 0 Å². The van der Waals surface area contributed by atoms with Crippen LogP contribution in [0.15, 0.2) is 0 Å². The van der Waals surface area contributed by atoms with Gasteiger partial charge in [0.15, 0.2) is 0 Å². The molecule has 0 spiro atoms. The molecular formula is C17H32N2O2. The molecular weight excluding hydrogens is 264 g/mol. The number of rotatable bonds is 5. The standard InChI is InChI=1S/C17H32N2O2/c1-3-6-14-7-5-11-19(12-9-14)15-8-10-17(18,13-15)16(20)21-4-2/h14-15H,3-13,18H2,1-2H3. The lowest BCUT2D eigenvalue weighted by atomic mass is 9.96. The van der Waals surface area contributed by atoms with Crippen LogP contribution in [0.25, 0.3) is 0 Å². The van der Waals surface area contributed by atoms with E-state index in [4.69, 9.17) is 10.5 Å². The van der Waals surface area contributed by atoms with Gasteiger partial charge < -0.3 is 15.4 Å². The van der Waals surface area contributed by atoms with Crippen molar-refractivity contribution in [2.75, 3.05) is 19.7 Å². The Balaban J connectivity index is 1.87. The number of hydrogen-bond acceptors (Lipinski definition) is 4. The van der Waals surface area contributed by atoms with Crippen LogP contribution < -0.4 is 5.73 Å². The van der Waals surface area contributed by atoms with E-state index >= 15 is 0 Å². The number of esters is 1. The summed E-state index contributed by atoms with van der Waals surface area (Å²) in [6.07, 6.45) is 9.19. The van der Waals surface area contributed by atoms with Gasteiger partial charge in [-0.2, -0.15) is 0 Å². The van der Waals surface area contributed by atoms with Gasteiger partial charge in [0, 0.05) is 6.04 Å². The van der Waals surface area contributed by atoms with E-state index in [9.17, 15) is 4.79 Å². The highest BCUT2D eigenvalue weighted by molar-refractivity contribution is 5.81. The van der Waals surface area contributed by atoms with Gasteiger partial charge in [-0.05, 0) is 64.5 Å². The number of likely N-dealkylation sites (tertiary alicyclic amines) is 1. The third kappa shape index (κ3) is 4.19. The van der Waals surface area contributed by atoms with Crippen molar-refractivity contribution in [2.45, 2.75) is 76.8 Å². The average molecular weight is 296 g/mol. The highest BCUT2D eigenvalue weighted by Crippen LogP contribution is 2.34. The normalized spacial score (nSPS) is 34.6. The molecule has 122 valence electrons. The van der Waals surface area contributed by atoms with Gasteiger partial charge in [0.25, 0.3) is 0 Å². The van der Waals surface area contributed by atoms with Crippen LogP contribution in [-0.4, -0.2) is 42.1 Å². The molecule has 1 saturated carbocycles. The molecule has 2 rings (SSSR count). The molecule has 1 heterocycles. The summed E-state index contributed by atoms with van der Waals surface area (Å²) in [5, 5.41) is 0. The molecule has 4 nitrogen and oxygen atoms in total. The topological polar surface area (TPSA) is 55.6 Å². The van der Waals surface area contributed by atoms with Crippen LogP contribution in [0.2, 0.25) is 0 Å². The predicted octanol–water partition coefficient (Wildman–Crippen LogP) is 2.70. The number of nitrogens with two attached hydrogens (primary N) is 1. The van der Waals surface area contributed by atoms with Crippen LogP contribution >= 0.6 is 0 Å². The maximum Gasteiger partial charge on any atom is 0.326 e. The molecule has 3 unspecified atom stereocenters. The van der Waals surface area contributed by atoms with Crippen LogP contribution in [-0.2, 0) is 9.53 Å². The maximum absolute atomic E-state index is 12.0. The minimum atomic E-state index is -0.740. The average Bonchev–Trinajstić information content (AvgIpc) is 2.72. The number of carbonyl (C=O) groups excluding carboxylic acids is 1. The van der Waals surface area contributed by atoms with Crippen molar-refractivity contribution in [1.82, 2.24) is 4.90 Å². The molecule has 1 aliphatic carbocycles. The van der Waals surface area contributed by atoms with Crippen molar-refractivity contribution >= 4 is 5.97 Å². The van der Waals surface area contributed by atoms with Gasteiger partial charge in [-0.15, -0.1) is 0 Å². The molecule has 2 aliphatic rings. The molecule has 4 heteroatoms. The van der Waals surface area contributed by atoms with Gasteiger partial charge in [0.1, 0.15) is 5.54 Å². The molecule has 0 aromatic carbocycles. The largest absolute Gasteiger partial charge is 0.465 e. The number of nitrogens with zero attached hydrogens (tertiary/aromatic N) is 1. The molecule has 0 aromatic heterocycles. The first-order chi connectivity index (χ1) is 10.1. The zero-order valence-electron chi connectivity index (χ0n) is 13.8. The molecule has 3 atom stereocenters. The van der Waals surface area contributed by atoms with E-state index < -0.39 is 5.54 Å². The Hall–Kier alpha value is -0.610. The zero-order valence-corrected chi connectivity index (χ0v) is 13.8. The van der Waals surface area contributed by atoms with Gasteiger partial charge in [0.2, 0.25) is 0 Å². The van der Waals surface area contributed by atoms with E-state index in [1.165, 1.54) is 45.2 Å². The SMILES string of the molecule is CCCC1CCCN(C2CCC(N)(C(=O)OCC)C2)CC1. The first kappa shape index (κ1) is 16.8. The Labute approximate surface area is 129 Å². The first-order valence-electron chi connectivity index (χ1n) is 8.79. The van der Waals surface area contributed by atoms with Crippen molar-refractivity contribution in [1.29, 1.82) is 0 Å². The fraction of sp³-hybridized carbons (Fsp3) is 0.941. The quantitative estimate of drug-likeness (QED) is 0.793. The zero-order chi connectivity index (χ0) is 15.3. The van der Waals surface area contributed by atoms with Crippen molar-refractivity contribution < 1.29 is 9.53 Å². The Morgan fingerprint density at radius 1 is 1.29 bits per heavy atom. The number of carbonyl (C=O) groups is 1. The Kier molecular flexibility index (Phi) is 6.06. The predicted molar refractivity (Wildman–Crippen MR) is 85.0 cm³/mol. The first-order valence-corrected chi connectivity index (χ1v) is 8.79. The lowest BCUT2D eigenvalue weighted by Gasteiger charge is -2.29. The van der Waals surface area contributed by atoms with Gasteiger partial charge in [-0.1, -0.05) is 19.8 Å². The second-order valence-corrected chi connectivity index (χ2v) is 6.89. The van der Waals surface area contributed by atoms with E-state index in [0.29, 0.717) is 12.6 Å². The summed E-state index contributed by atoms with van der Waals surface area (Å²) in [6, 6.07) is 0.472. The van der Waals surface area contributed by atoms with Crippen LogP contribution in [0.1, 0.15) is 65.2 Å². The Morgan fingerprint density at radius 2 is 2.10 bits per heavy atom. The van der Waals surface area contributed by atoms with Gasteiger partial charge in [0.05, 0.1) is 6.61 Å².